The van der Waals surface area contributed by atoms with Crippen LogP contribution in [0.4, 0.5) is 23.2 Å². The summed E-state index contributed by atoms with van der Waals surface area (Å²) in [5.41, 5.74) is 2.23. The number of halogens is 4. The van der Waals surface area contributed by atoms with Crippen molar-refractivity contribution >= 4 is 17.3 Å². The highest BCUT2D eigenvalue weighted by molar-refractivity contribution is 5.97. The predicted octanol–water partition coefficient (Wildman–Crippen LogP) is 4.56. The van der Waals surface area contributed by atoms with E-state index in [1.807, 2.05) is 29.8 Å². The van der Waals surface area contributed by atoms with Crippen molar-refractivity contribution in [2.75, 3.05) is 18.6 Å². The van der Waals surface area contributed by atoms with Crippen molar-refractivity contribution in [3.8, 4) is 0 Å². The highest BCUT2D eigenvalue weighted by Gasteiger charge is 2.40. The number of imidazole rings is 1. The Morgan fingerprint density at radius 3 is 2.73 bits per heavy atom. The number of nitrogens with zero attached hydrogens (tertiary/aromatic N) is 6. The van der Waals surface area contributed by atoms with Gasteiger partial charge in [0.1, 0.15) is 24.2 Å². The lowest BCUT2D eigenvalue weighted by Gasteiger charge is -2.26. The summed E-state index contributed by atoms with van der Waals surface area (Å²) in [5.74, 6) is -1.07. The molecule has 3 heterocycles. The van der Waals surface area contributed by atoms with E-state index in [0.29, 0.717) is 22.8 Å². The zero-order chi connectivity index (χ0) is 26.3. The number of amides is 1. The van der Waals surface area contributed by atoms with E-state index < -0.39 is 30.5 Å². The fraction of sp³-hybridized carbons (Fsp3) is 0.360. The van der Waals surface area contributed by atoms with Crippen molar-refractivity contribution in [2.45, 2.75) is 44.3 Å². The van der Waals surface area contributed by atoms with E-state index in [4.69, 9.17) is 4.74 Å². The first-order valence-corrected chi connectivity index (χ1v) is 11.7. The summed E-state index contributed by atoms with van der Waals surface area (Å²) in [4.78, 5) is 18.2. The summed E-state index contributed by atoms with van der Waals surface area (Å²) < 4.78 is 63.4. The smallest absolute Gasteiger partial charge is 0.406 e. The van der Waals surface area contributed by atoms with Crippen LogP contribution in [0.5, 0.6) is 0 Å². The molecular weight excluding hydrogens is 492 g/mol. The van der Waals surface area contributed by atoms with E-state index >= 15 is 0 Å². The van der Waals surface area contributed by atoms with Crippen LogP contribution in [0.1, 0.15) is 41.8 Å². The molecule has 1 aliphatic carbocycles. The number of fused-ring (bicyclic) bond motifs is 1. The van der Waals surface area contributed by atoms with Crippen LogP contribution in [0, 0.1) is 12.7 Å². The number of anilines is 1. The number of ether oxygens (including phenoxy) is 1. The number of alkyl halides is 3. The molecular formula is C25H24F4N6O2. The molecule has 2 aliphatic rings. The van der Waals surface area contributed by atoms with Gasteiger partial charge in [0.25, 0.3) is 5.91 Å². The molecule has 0 fully saturated rings. The average molecular weight is 516 g/mol. The van der Waals surface area contributed by atoms with Gasteiger partial charge in [-0.2, -0.15) is 13.2 Å². The van der Waals surface area contributed by atoms with Crippen LogP contribution < -0.4 is 4.90 Å². The Kier molecular flexibility index (Phi) is 6.34. The lowest BCUT2D eigenvalue weighted by atomic mass is 9.95. The fourth-order valence-electron chi connectivity index (χ4n) is 4.79. The predicted molar refractivity (Wildman–Crippen MR) is 126 cm³/mol. The Balaban J connectivity index is 1.42. The molecule has 1 amide bonds. The molecule has 1 aliphatic heterocycles. The van der Waals surface area contributed by atoms with Crippen molar-refractivity contribution in [2.24, 2.45) is 0 Å². The number of methoxy groups -OCH3 is 1. The molecule has 0 saturated carbocycles. The molecule has 0 radical (unpaired) electrons. The fourth-order valence-corrected chi connectivity index (χ4v) is 4.79. The molecule has 0 N–H and O–H groups in total. The van der Waals surface area contributed by atoms with Crippen LogP contribution in [0.15, 0.2) is 54.8 Å². The SMILES string of the molecule is COC1=CC(c2cn(C3CCc4c(F)cccc4N(CC(F)(F)F)C3=O)nn2)CC=C1n1cnc(C)c1. The topological polar surface area (TPSA) is 78.1 Å². The van der Waals surface area contributed by atoms with Gasteiger partial charge in [0.05, 0.1) is 36.2 Å². The highest BCUT2D eigenvalue weighted by Crippen LogP contribution is 2.36. The molecule has 0 bridgehead atoms. The molecule has 0 saturated heterocycles. The molecule has 194 valence electrons. The summed E-state index contributed by atoms with van der Waals surface area (Å²) in [6.45, 7) is 0.360. The molecule has 8 nitrogen and oxygen atoms in total. The van der Waals surface area contributed by atoms with Gasteiger partial charge < -0.3 is 14.2 Å². The number of carbonyl (C=O) groups is 1. The Hall–Kier alpha value is -3.96. The maximum Gasteiger partial charge on any atom is 0.406 e. The number of rotatable bonds is 5. The molecule has 37 heavy (non-hydrogen) atoms. The molecule has 2 aromatic heterocycles. The molecule has 3 aromatic rings. The quantitative estimate of drug-likeness (QED) is 0.465. The number of hydrogen-bond acceptors (Lipinski definition) is 5. The van der Waals surface area contributed by atoms with Gasteiger partial charge in [-0.25, -0.2) is 14.1 Å². The summed E-state index contributed by atoms with van der Waals surface area (Å²) in [5, 5.41) is 8.31. The lowest BCUT2D eigenvalue weighted by molar-refractivity contribution is -0.134. The van der Waals surface area contributed by atoms with Gasteiger partial charge in [-0.05, 0) is 44.4 Å². The minimum absolute atomic E-state index is 0.0717. The zero-order valence-electron chi connectivity index (χ0n) is 20.1. The third kappa shape index (κ3) is 4.87. The van der Waals surface area contributed by atoms with E-state index in [1.165, 1.54) is 22.9 Å². The number of aromatic nitrogens is 5. The summed E-state index contributed by atoms with van der Waals surface area (Å²) in [7, 11) is 1.55. The van der Waals surface area contributed by atoms with Crippen LogP contribution in [0.25, 0.3) is 5.70 Å². The molecule has 0 spiro atoms. The second kappa shape index (κ2) is 9.49. The second-order valence-corrected chi connectivity index (χ2v) is 9.04. The van der Waals surface area contributed by atoms with Crippen LogP contribution in [-0.4, -0.2) is 50.3 Å². The Bertz CT molecular complexity index is 1390. The third-order valence-electron chi connectivity index (χ3n) is 6.55. The monoisotopic (exact) mass is 516 g/mol. The van der Waals surface area contributed by atoms with Crippen LogP contribution in [0.3, 0.4) is 0 Å². The lowest BCUT2D eigenvalue weighted by Crippen LogP contribution is -2.42. The van der Waals surface area contributed by atoms with Crippen molar-refractivity contribution < 1.29 is 27.1 Å². The van der Waals surface area contributed by atoms with Gasteiger partial charge in [0, 0.05) is 23.9 Å². The molecule has 2 atom stereocenters. The number of allylic oxidation sites excluding steroid dienone is 3. The van der Waals surface area contributed by atoms with Gasteiger partial charge >= 0.3 is 6.18 Å². The third-order valence-corrected chi connectivity index (χ3v) is 6.55. The first-order chi connectivity index (χ1) is 17.6. The van der Waals surface area contributed by atoms with E-state index in [-0.39, 0.29) is 30.0 Å². The molecule has 12 heteroatoms. The number of hydrogen-bond donors (Lipinski definition) is 0. The van der Waals surface area contributed by atoms with Crippen molar-refractivity contribution in [3.05, 3.63) is 77.6 Å². The maximum atomic E-state index is 14.5. The maximum absolute atomic E-state index is 14.5. The second-order valence-electron chi connectivity index (χ2n) is 9.04. The standard InChI is InChI=1S/C25H24F4N6O2/c1-15-11-33(14-30-15)21-8-6-16(10-23(21)37-2)19-12-35(32-31-19)22-9-7-17-18(26)4-3-5-20(17)34(24(22)36)13-25(27,28)29/h3-5,8,10-12,14,16,22H,6-7,9,13H2,1-2H3. The summed E-state index contributed by atoms with van der Waals surface area (Å²) >= 11 is 0. The van der Waals surface area contributed by atoms with Crippen LogP contribution >= 0.6 is 0 Å². The van der Waals surface area contributed by atoms with E-state index in [1.54, 1.807) is 19.6 Å². The molecule has 1 aromatic carbocycles. The van der Waals surface area contributed by atoms with Gasteiger partial charge in [0.2, 0.25) is 0 Å². The van der Waals surface area contributed by atoms with Crippen LogP contribution in [-0.2, 0) is 16.0 Å². The number of aryl methyl sites for hydroxylation is 1. The number of benzene rings is 1. The van der Waals surface area contributed by atoms with Gasteiger partial charge in [-0.1, -0.05) is 17.4 Å². The molecule has 5 rings (SSSR count). The minimum Gasteiger partial charge on any atom is -0.495 e. The zero-order valence-corrected chi connectivity index (χ0v) is 20.1. The average Bonchev–Trinajstić information content (AvgIpc) is 3.49. The summed E-state index contributed by atoms with van der Waals surface area (Å²) in [6, 6.07) is 2.75. The van der Waals surface area contributed by atoms with E-state index in [0.717, 1.165) is 11.4 Å². The largest absolute Gasteiger partial charge is 0.495 e. The van der Waals surface area contributed by atoms with Crippen molar-refractivity contribution in [1.82, 2.24) is 24.5 Å². The Labute approximate surface area is 209 Å². The first kappa shape index (κ1) is 24.7. The van der Waals surface area contributed by atoms with E-state index in [9.17, 15) is 22.4 Å². The van der Waals surface area contributed by atoms with Crippen molar-refractivity contribution in [3.63, 3.8) is 0 Å². The Morgan fingerprint density at radius 2 is 2.03 bits per heavy atom. The van der Waals surface area contributed by atoms with Crippen molar-refractivity contribution in [1.29, 1.82) is 0 Å². The molecule has 2 unspecified atom stereocenters. The highest BCUT2D eigenvalue weighted by atomic mass is 19.4. The minimum atomic E-state index is -4.66. The van der Waals surface area contributed by atoms with Gasteiger partial charge in [0.15, 0.2) is 0 Å². The van der Waals surface area contributed by atoms with Gasteiger partial charge in [-0.15, -0.1) is 5.10 Å². The number of carbonyl (C=O) groups excluding carboxylic acids is 1. The van der Waals surface area contributed by atoms with Crippen LogP contribution in [0.2, 0.25) is 0 Å². The summed E-state index contributed by atoms with van der Waals surface area (Å²) in [6.07, 6.45) is 5.05. The van der Waals surface area contributed by atoms with Gasteiger partial charge in [-0.3, -0.25) is 4.79 Å². The Morgan fingerprint density at radius 1 is 1.22 bits per heavy atom. The first-order valence-electron chi connectivity index (χ1n) is 11.7. The van der Waals surface area contributed by atoms with E-state index in [2.05, 4.69) is 15.3 Å². The normalized spacial score (nSPS) is 20.3.